The molecule has 39 heavy (non-hydrogen) atoms. The molecule has 0 fully saturated rings. The molecule has 0 saturated heterocycles. The highest BCUT2D eigenvalue weighted by Crippen LogP contribution is 2.17. The van der Waals surface area contributed by atoms with Gasteiger partial charge in [0.25, 0.3) is 0 Å². The van der Waals surface area contributed by atoms with Gasteiger partial charge in [0, 0.05) is 0 Å². The van der Waals surface area contributed by atoms with Gasteiger partial charge in [-0.15, -0.1) is 0 Å². The number of hydrogen-bond acceptors (Lipinski definition) is 0. The fraction of sp³-hybridized carbons (Fsp3) is 0.897. The lowest BCUT2D eigenvalue weighted by Gasteiger charge is -2.05. The Morgan fingerprint density at radius 2 is 0.641 bits per heavy atom. The van der Waals surface area contributed by atoms with Gasteiger partial charge in [0.2, 0.25) is 0 Å². The van der Waals surface area contributed by atoms with Crippen molar-refractivity contribution in [3.05, 3.63) is 23.8 Å². The van der Waals surface area contributed by atoms with Crippen LogP contribution in [0.25, 0.3) is 0 Å². The van der Waals surface area contributed by atoms with Gasteiger partial charge in [-0.1, -0.05) is 205 Å². The quantitative estimate of drug-likeness (QED) is 0.0569. The van der Waals surface area contributed by atoms with Crippen LogP contribution in [0.1, 0.15) is 226 Å². The van der Waals surface area contributed by atoms with Crippen molar-refractivity contribution < 1.29 is 0 Å². The summed E-state index contributed by atoms with van der Waals surface area (Å²) in [4.78, 5) is 0. The molecule has 0 aromatic carbocycles. The minimum absolute atomic E-state index is 1.20. The summed E-state index contributed by atoms with van der Waals surface area (Å²) in [5.41, 5.74) is 1.60. The van der Waals surface area contributed by atoms with Gasteiger partial charge in [0.05, 0.1) is 0 Å². The Hall–Kier alpha value is -0.520. The van der Waals surface area contributed by atoms with Crippen LogP contribution >= 0.6 is 0 Å². The van der Waals surface area contributed by atoms with Crippen molar-refractivity contribution in [3.8, 4) is 0 Å². The van der Waals surface area contributed by atoms with E-state index >= 15 is 0 Å². The number of allylic oxidation sites excluding steroid dienone is 4. The fourth-order valence-corrected chi connectivity index (χ4v) is 5.94. The zero-order valence-electron chi connectivity index (χ0n) is 27.9. The van der Waals surface area contributed by atoms with Gasteiger partial charge in [0.1, 0.15) is 0 Å². The van der Waals surface area contributed by atoms with E-state index in [9.17, 15) is 0 Å². The standard InChI is InChI=1S/C39H76/c1-4-6-7-8-9-10-11-12-13-14-15-16-17-18-19-20-21-22-23-24-25-26-27-28-29-30-31-32-33-34-35-36-38-39(3)37-5-2/h7-8,37H,4-6,9-36,38H2,1-3H3. The van der Waals surface area contributed by atoms with E-state index in [0.29, 0.717) is 0 Å². The summed E-state index contributed by atoms with van der Waals surface area (Å²) in [6, 6.07) is 0. The summed E-state index contributed by atoms with van der Waals surface area (Å²) in [5.74, 6) is 0. The van der Waals surface area contributed by atoms with Crippen LogP contribution in [-0.2, 0) is 0 Å². The summed E-state index contributed by atoms with van der Waals surface area (Å²) in [5, 5.41) is 0. The molecule has 232 valence electrons. The van der Waals surface area contributed by atoms with Crippen molar-refractivity contribution in [2.24, 2.45) is 0 Å². The average molecular weight is 545 g/mol. The molecule has 0 amide bonds. The Morgan fingerprint density at radius 3 is 0.949 bits per heavy atom. The largest absolute Gasteiger partial charge is 0.0885 e. The first kappa shape index (κ1) is 38.5. The lowest BCUT2D eigenvalue weighted by molar-refractivity contribution is 0.514. The smallest absolute Gasteiger partial charge is 0.0323 e. The summed E-state index contributed by atoms with van der Waals surface area (Å²) in [7, 11) is 0. The van der Waals surface area contributed by atoms with E-state index < -0.39 is 0 Å². The predicted molar refractivity (Wildman–Crippen MR) is 182 cm³/mol. The average Bonchev–Trinajstić information content (AvgIpc) is 2.94. The number of rotatable bonds is 33. The SMILES string of the molecule is CCC=C(C)CCCCCCCCCCCCCCCCCCCCCCCCCCCCCC=CCCC. The lowest BCUT2D eigenvalue weighted by atomic mass is 10.0. The zero-order chi connectivity index (χ0) is 28.3. The minimum Gasteiger partial charge on any atom is -0.0885 e. The van der Waals surface area contributed by atoms with Crippen molar-refractivity contribution in [2.75, 3.05) is 0 Å². The second-order valence-corrected chi connectivity index (χ2v) is 12.8. The Morgan fingerprint density at radius 1 is 0.359 bits per heavy atom. The molecule has 0 aliphatic rings. The molecule has 0 aromatic heterocycles. The number of hydrogen-bond donors (Lipinski definition) is 0. The van der Waals surface area contributed by atoms with Crippen molar-refractivity contribution in [1.82, 2.24) is 0 Å². The number of unbranched alkanes of at least 4 members (excludes halogenated alkanes) is 28. The van der Waals surface area contributed by atoms with Gasteiger partial charge in [-0.05, 0) is 45.4 Å². The third kappa shape index (κ3) is 35.5. The fourth-order valence-electron chi connectivity index (χ4n) is 5.94. The molecule has 0 rings (SSSR count). The topological polar surface area (TPSA) is 0 Å². The first-order chi connectivity index (χ1) is 19.3. The van der Waals surface area contributed by atoms with E-state index in [2.05, 4.69) is 39.0 Å². The second-order valence-electron chi connectivity index (χ2n) is 12.8. The Kier molecular flexibility index (Phi) is 35.0. The molecule has 0 saturated carbocycles. The summed E-state index contributed by atoms with van der Waals surface area (Å²) < 4.78 is 0. The van der Waals surface area contributed by atoms with Crippen molar-refractivity contribution in [2.45, 2.75) is 226 Å². The monoisotopic (exact) mass is 545 g/mol. The van der Waals surface area contributed by atoms with Crippen LogP contribution in [0, 0.1) is 0 Å². The lowest BCUT2D eigenvalue weighted by Crippen LogP contribution is -1.85. The van der Waals surface area contributed by atoms with Crippen LogP contribution in [0.2, 0.25) is 0 Å². The Labute approximate surface area is 249 Å². The van der Waals surface area contributed by atoms with Crippen LogP contribution < -0.4 is 0 Å². The van der Waals surface area contributed by atoms with Gasteiger partial charge in [-0.3, -0.25) is 0 Å². The molecule has 0 aliphatic carbocycles. The van der Waals surface area contributed by atoms with E-state index in [1.54, 1.807) is 5.57 Å². The van der Waals surface area contributed by atoms with Gasteiger partial charge in [-0.2, -0.15) is 0 Å². The van der Waals surface area contributed by atoms with Gasteiger partial charge >= 0.3 is 0 Å². The second kappa shape index (κ2) is 35.5. The summed E-state index contributed by atoms with van der Waals surface area (Å²) >= 11 is 0. The Bertz CT molecular complexity index is 484. The van der Waals surface area contributed by atoms with E-state index in [4.69, 9.17) is 0 Å². The van der Waals surface area contributed by atoms with Gasteiger partial charge < -0.3 is 0 Å². The van der Waals surface area contributed by atoms with Crippen LogP contribution in [0.3, 0.4) is 0 Å². The molecular formula is C39H76. The van der Waals surface area contributed by atoms with Gasteiger partial charge in [-0.25, -0.2) is 0 Å². The molecule has 0 heteroatoms. The van der Waals surface area contributed by atoms with E-state index in [1.165, 1.54) is 205 Å². The molecule has 0 radical (unpaired) electrons. The highest BCUT2D eigenvalue weighted by Gasteiger charge is 1.97. The first-order valence-corrected chi connectivity index (χ1v) is 18.6. The zero-order valence-corrected chi connectivity index (χ0v) is 27.9. The van der Waals surface area contributed by atoms with Crippen LogP contribution in [-0.4, -0.2) is 0 Å². The van der Waals surface area contributed by atoms with E-state index in [-0.39, 0.29) is 0 Å². The van der Waals surface area contributed by atoms with Crippen molar-refractivity contribution in [1.29, 1.82) is 0 Å². The van der Waals surface area contributed by atoms with E-state index in [1.807, 2.05) is 0 Å². The van der Waals surface area contributed by atoms with E-state index in [0.717, 1.165) is 0 Å². The molecule has 0 unspecified atom stereocenters. The maximum absolute atomic E-state index is 2.39. The van der Waals surface area contributed by atoms with Crippen molar-refractivity contribution >= 4 is 0 Å². The third-order valence-electron chi connectivity index (χ3n) is 8.62. The predicted octanol–water partition coefficient (Wildman–Crippen LogP) is 15.0. The highest BCUT2D eigenvalue weighted by atomic mass is 14.0. The maximum Gasteiger partial charge on any atom is -0.0323 e. The van der Waals surface area contributed by atoms with Gasteiger partial charge in [0.15, 0.2) is 0 Å². The Balaban J connectivity index is 3.07. The summed E-state index contributed by atoms with van der Waals surface area (Å²) in [6.07, 6.45) is 53.3. The minimum atomic E-state index is 1.20. The first-order valence-electron chi connectivity index (χ1n) is 18.6. The molecule has 0 N–H and O–H groups in total. The summed E-state index contributed by atoms with van der Waals surface area (Å²) in [6.45, 7) is 6.80. The van der Waals surface area contributed by atoms with Crippen molar-refractivity contribution in [3.63, 3.8) is 0 Å². The van der Waals surface area contributed by atoms with Crippen LogP contribution in [0.15, 0.2) is 23.8 Å². The molecule has 0 heterocycles. The molecule has 0 aliphatic heterocycles. The van der Waals surface area contributed by atoms with Crippen LogP contribution in [0.4, 0.5) is 0 Å². The third-order valence-corrected chi connectivity index (χ3v) is 8.62. The molecule has 0 bridgehead atoms. The normalized spacial score (nSPS) is 12.2. The highest BCUT2D eigenvalue weighted by molar-refractivity contribution is 4.96. The molecule has 0 nitrogen and oxygen atoms in total. The molecule has 0 spiro atoms. The molecule has 0 aromatic rings. The molecular weight excluding hydrogens is 468 g/mol. The van der Waals surface area contributed by atoms with Crippen LogP contribution in [0.5, 0.6) is 0 Å². The molecule has 0 atom stereocenters. The maximum atomic E-state index is 2.39.